The Morgan fingerprint density at radius 1 is 1.18 bits per heavy atom. The van der Waals surface area contributed by atoms with Crippen LogP contribution in [-0.4, -0.2) is 8.42 Å². The second kappa shape index (κ2) is 5.09. The molecule has 0 unspecified atom stereocenters. The molecule has 0 bridgehead atoms. The van der Waals surface area contributed by atoms with Gasteiger partial charge < -0.3 is 0 Å². The Bertz CT molecular complexity index is 637. The van der Waals surface area contributed by atoms with E-state index in [9.17, 15) is 8.42 Å². The lowest BCUT2D eigenvalue weighted by Gasteiger charge is -2.06. The zero-order chi connectivity index (χ0) is 12.5. The first-order chi connectivity index (χ1) is 7.99. The average Bonchev–Trinajstić information content (AvgIpc) is 2.64. The van der Waals surface area contributed by atoms with Crippen LogP contribution in [0.15, 0.2) is 48.9 Å². The zero-order valence-corrected chi connectivity index (χ0v) is 13.2. The maximum Gasteiger partial charge on any atom is 0.272 e. The highest BCUT2D eigenvalue weighted by molar-refractivity contribution is 9.10. The quantitative estimate of drug-likeness (QED) is 0.849. The molecule has 1 heterocycles. The summed E-state index contributed by atoms with van der Waals surface area (Å²) in [6, 6.07) is 8.72. The maximum absolute atomic E-state index is 12.0. The summed E-state index contributed by atoms with van der Waals surface area (Å²) in [4.78, 5) is 0. The van der Waals surface area contributed by atoms with Crippen LogP contribution in [-0.2, 0) is 10.0 Å². The van der Waals surface area contributed by atoms with E-state index in [4.69, 9.17) is 0 Å². The number of nitrogens with one attached hydrogen (secondary N) is 1. The lowest BCUT2D eigenvalue weighted by atomic mass is 10.3. The van der Waals surface area contributed by atoms with Crippen molar-refractivity contribution in [3.63, 3.8) is 0 Å². The fourth-order valence-corrected chi connectivity index (χ4v) is 5.01. The summed E-state index contributed by atoms with van der Waals surface area (Å²) in [5, 5.41) is 1.72. The molecule has 2 rings (SSSR count). The van der Waals surface area contributed by atoms with Gasteiger partial charge in [0.2, 0.25) is 0 Å². The Morgan fingerprint density at radius 2 is 1.94 bits per heavy atom. The van der Waals surface area contributed by atoms with E-state index < -0.39 is 10.0 Å². The summed E-state index contributed by atoms with van der Waals surface area (Å²) < 4.78 is 28.3. The fourth-order valence-electron chi connectivity index (χ4n) is 1.23. The highest BCUT2D eigenvalue weighted by Crippen LogP contribution is 2.29. The molecule has 0 amide bonds. The number of rotatable bonds is 3. The van der Waals surface area contributed by atoms with Crippen molar-refractivity contribution >= 4 is 58.9 Å². The summed E-state index contributed by atoms with van der Waals surface area (Å²) in [6.07, 6.45) is 0. The average molecular weight is 397 g/mol. The van der Waals surface area contributed by atoms with E-state index in [1.807, 2.05) is 6.07 Å². The van der Waals surface area contributed by atoms with E-state index in [0.29, 0.717) is 10.2 Å². The minimum absolute atomic E-state index is 0.275. The van der Waals surface area contributed by atoms with Gasteiger partial charge >= 0.3 is 0 Å². The fraction of sp³-hybridized carbons (Fsp3) is 0. The number of thiophene rings is 1. The van der Waals surface area contributed by atoms with Crippen LogP contribution in [0.2, 0.25) is 0 Å². The standard InChI is InChI=1S/C10H7Br2NO2S2/c11-7-2-1-3-8(6-7)13-17(14,15)10-9(12)4-5-16-10/h1-6,13H. The smallest absolute Gasteiger partial charge is 0.272 e. The Kier molecular flexibility index (Phi) is 3.92. The predicted molar refractivity (Wildman–Crippen MR) is 77.0 cm³/mol. The molecule has 0 saturated carbocycles. The Balaban J connectivity index is 2.33. The van der Waals surface area contributed by atoms with Gasteiger partial charge in [-0.1, -0.05) is 22.0 Å². The highest BCUT2D eigenvalue weighted by atomic mass is 79.9. The van der Waals surface area contributed by atoms with Crippen LogP contribution in [0.25, 0.3) is 0 Å². The van der Waals surface area contributed by atoms with Crippen molar-refractivity contribution in [3.05, 3.63) is 44.7 Å². The van der Waals surface area contributed by atoms with Gasteiger partial charge in [0.1, 0.15) is 0 Å². The monoisotopic (exact) mass is 395 g/mol. The van der Waals surface area contributed by atoms with Crippen LogP contribution in [0.5, 0.6) is 0 Å². The number of hydrogen-bond acceptors (Lipinski definition) is 3. The van der Waals surface area contributed by atoms with Crippen molar-refractivity contribution in [3.8, 4) is 0 Å². The van der Waals surface area contributed by atoms with Crippen LogP contribution in [0.4, 0.5) is 5.69 Å². The van der Waals surface area contributed by atoms with E-state index in [-0.39, 0.29) is 4.21 Å². The van der Waals surface area contributed by atoms with Crippen molar-refractivity contribution in [2.24, 2.45) is 0 Å². The van der Waals surface area contributed by atoms with E-state index in [1.54, 1.807) is 29.6 Å². The van der Waals surface area contributed by atoms with Crippen molar-refractivity contribution in [2.75, 3.05) is 4.72 Å². The van der Waals surface area contributed by atoms with Crippen molar-refractivity contribution in [1.29, 1.82) is 0 Å². The molecule has 1 N–H and O–H groups in total. The van der Waals surface area contributed by atoms with E-state index in [1.165, 1.54) is 11.3 Å². The summed E-state index contributed by atoms with van der Waals surface area (Å²) >= 11 is 7.67. The van der Waals surface area contributed by atoms with Gasteiger partial charge in [0.05, 0.1) is 0 Å². The number of hydrogen-bond donors (Lipinski definition) is 1. The topological polar surface area (TPSA) is 46.2 Å². The lowest BCUT2D eigenvalue weighted by Crippen LogP contribution is -2.11. The van der Waals surface area contributed by atoms with Crippen LogP contribution in [0.1, 0.15) is 0 Å². The summed E-state index contributed by atoms with van der Waals surface area (Å²) in [6.45, 7) is 0. The number of sulfonamides is 1. The minimum Gasteiger partial charge on any atom is -0.279 e. The number of halogens is 2. The highest BCUT2D eigenvalue weighted by Gasteiger charge is 2.19. The second-order valence-electron chi connectivity index (χ2n) is 3.17. The molecule has 1 aromatic heterocycles. The number of benzene rings is 1. The molecule has 0 radical (unpaired) electrons. The van der Waals surface area contributed by atoms with Gasteiger partial charge in [-0.3, -0.25) is 4.72 Å². The Hall–Kier alpha value is -0.370. The first kappa shape index (κ1) is 13.1. The Labute approximate surface area is 120 Å². The second-order valence-corrected chi connectivity index (χ2v) is 7.74. The largest absolute Gasteiger partial charge is 0.279 e. The predicted octanol–water partition coefficient (Wildman–Crippen LogP) is 4.07. The zero-order valence-electron chi connectivity index (χ0n) is 8.35. The molecule has 0 fully saturated rings. The molecule has 17 heavy (non-hydrogen) atoms. The molecule has 0 aliphatic carbocycles. The summed E-state index contributed by atoms with van der Waals surface area (Å²) in [5.74, 6) is 0. The minimum atomic E-state index is -3.52. The molecule has 0 aliphatic heterocycles. The Morgan fingerprint density at radius 3 is 2.53 bits per heavy atom. The maximum atomic E-state index is 12.0. The van der Waals surface area contributed by atoms with Crippen LogP contribution >= 0.6 is 43.2 Å². The third-order valence-corrected chi connectivity index (χ3v) is 6.45. The van der Waals surface area contributed by atoms with Crippen molar-refractivity contribution < 1.29 is 8.42 Å². The normalized spacial score (nSPS) is 11.4. The van der Waals surface area contributed by atoms with Gasteiger partial charge in [-0.2, -0.15) is 0 Å². The summed E-state index contributed by atoms with van der Waals surface area (Å²) in [5.41, 5.74) is 0.527. The van der Waals surface area contributed by atoms with Gasteiger partial charge in [-0.15, -0.1) is 11.3 Å². The molecule has 1 aromatic carbocycles. The molecule has 0 aliphatic rings. The van der Waals surface area contributed by atoms with Gasteiger partial charge in [0, 0.05) is 14.6 Å². The van der Waals surface area contributed by atoms with Gasteiger partial charge in [0.15, 0.2) is 4.21 Å². The molecular formula is C10H7Br2NO2S2. The van der Waals surface area contributed by atoms with Crippen molar-refractivity contribution in [1.82, 2.24) is 0 Å². The first-order valence-corrected chi connectivity index (χ1v) is 8.45. The molecule has 7 heteroatoms. The van der Waals surface area contributed by atoms with E-state index >= 15 is 0 Å². The van der Waals surface area contributed by atoms with Crippen LogP contribution < -0.4 is 4.72 Å². The molecule has 0 saturated heterocycles. The van der Waals surface area contributed by atoms with Gasteiger partial charge in [0.25, 0.3) is 10.0 Å². The molecule has 90 valence electrons. The molecule has 2 aromatic rings. The van der Waals surface area contributed by atoms with Crippen molar-refractivity contribution in [2.45, 2.75) is 4.21 Å². The SMILES string of the molecule is O=S(=O)(Nc1cccc(Br)c1)c1sccc1Br. The third kappa shape index (κ3) is 3.09. The van der Waals surface area contributed by atoms with Gasteiger partial charge in [-0.25, -0.2) is 8.42 Å². The van der Waals surface area contributed by atoms with E-state index in [2.05, 4.69) is 36.6 Å². The van der Waals surface area contributed by atoms with E-state index in [0.717, 1.165) is 4.47 Å². The first-order valence-electron chi connectivity index (χ1n) is 4.50. The third-order valence-electron chi connectivity index (χ3n) is 1.91. The van der Waals surface area contributed by atoms with Crippen LogP contribution in [0, 0.1) is 0 Å². The van der Waals surface area contributed by atoms with Gasteiger partial charge in [-0.05, 0) is 45.6 Å². The van der Waals surface area contributed by atoms with Crippen LogP contribution in [0.3, 0.4) is 0 Å². The summed E-state index contributed by atoms with van der Waals surface area (Å²) in [7, 11) is -3.52. The number of anilines is 1. The lowest BCUT2D eigenvalue weighted by molar-refractivity contribution is 0.603. The molecule has 0 atom stereocenters. The molecule has 0 spiro atoms. The molecule has 3 nitrogen and oxygen atoms in total. The molecular weight excluding hydrogens is 390 g/mol.